The molecule has 7 heteroatoms. The van der Waals surface area contributed by atoms with Crippen molar-refractivity contribution in [1.82, 2.24) is 10.3 Å². The molecule has 0 fully saturated rings. The van der Waals surface area contributed by atoms with E-state index >= 15 is 4.39 Å². The number of nitrogens with one attached hydrogen (secondary N) is 3. The number of hydrogen-bond donors (Lipinski definition) is 3. The van der Waals surface area contributed by atoms with Gasteiger partial charge in [-0.25, -0.2) is 8.78 Å². The van der Waals surface area contributed by atoms with Gasteiger partial charge < -0.3 is 15.6 Å². The number of H-pyrrole nitrogens is 1. The van der Waals surface area contributed by atoms with Crippen molar-refractivity contribution < 1.29 is 13.6 Å². The van der Waals surface area contributed by atoms with Crippen molar-refractivity contribution in [3.8, 4) is 11.1 Å². The zero-order valence-electron chi connectivity index (χ0n) is 22.0. The van der Waals surface area contributed by atoms with Crippen LogP contribution >= 0.6 is 11.6 Å². The SMILES string of the molecule is C=C(c1c(C)[nH]c(/C=C2\C(=O)Nc3ccc(Cl)cc32)c1-c1ccc(F)cc1F)C(C)CCNCC.CC. The number of rotatable bonds is 8. The van der Waals surface area contributed by atoms with Gasteiger partial charge >= 0.3 is 0 Å². The molecule has 1 aliphatic heterocycles. The number of halogens is 3. The highest BCUT2D eigenvalue weighted by Gasteiger charge is 2.28. The third-order valence-corrected chi connectivity index (χ3v) is 6.63. The molecule has 1 aliphatic rings. The Morgan fingerprint density at radius 3 is 2.57 bits per heavy atom. The minimum Gasteiger partial charge on any atom is -0.358 e. The number of hydrogen-bond acceptors (Lipinski definition) is 2. The van der Waals surface area contributed by atoms with Gasteiger partial charge in [-0.15, -0.1) is 0 Å². The van der Waals surface area contributed by atoms with Gasteiger partial charge in [0.25, 0.3) is 5.91 Å². The van der Waals surface area contributed by atoms with E-state index in [0.29, 0.717) is 33.1 Å². The molecule has 1 aromatic heterocycles. The molecular weight excluding hydrogens is 492 g/mol. The lowest BCUT2D eigenvalue weighted by molar-refractivity contribution is -0.110. The standard InChI is InChI=1S/C28H28ClF2N3O.C2H6/c1-5-32-11-10-15(2)16(3)26-17(4)33-25(27(26)20-8-7-19(30)13-23(20)31)14-22-21-12-18(29)6-9-24(21)34-28(22)35;1-2/h6-9,12-15,32-33H,3,5,10-11H2,1-2,4H3,(H,34,35);1-2H3/b22-14-;. The van der Waals surface area contributed by atoms with Crippen LogP contribution in [0.3, 0.4) is 0 Å². The van der Waals surface area contributed by atoms with Gasteiger partial charge in [-0.1, -0.05) is 45.9 Å². The molecule has 0 aliphatic carbocycles. The van der Waals surface area contributed by atoms with Gasteiger partial charge in [0.2, 0.25) is 0 Å². The van der Waals surface area contributed by atoms with E-state index in [1.165, 1.54) is 12.1 Å². The molecule has 0 bridgehead atoms. The normalized spacial score (nSPS) is 14.2. The van der Waals surface area contributed by atoms with Crippen LogP contribution in [0.1, 0.15) is 56.6 Å². The van der Waals surface area contributed by atoms with E-state index in [1.807, 2.05) is 20.8 Å². The average molecular weight is 526 g/mol. The minimum atomic E-state index is -0.683. The van der Waals surface area contributed by atoms with E-state index < -0.39 is 11.6 Å². The zero-order valence-corrected chi connectivity index (χ0v) is 22.7. The second kappa shape index (κ2) is 12.3. The van der Waals surface area contributed by atoms with Crippen molar-refractivity contribution in [3.63, 3.8) is 0 Å². The summed E-state index contributed by atoms with van der Waals surface area (Å²) in [4.78, 5) is 16.1. The number of benzene rings is 2. The highest BCUT2D eigenvalue weighted by molar-refractivity contribution is 6.37. The molecule has 37 heavy (non-hydrogen) atoms. The number of aromatic nitrogens is 1. The van der Waals surface area contributed by atoms with Crippen LogP contribution in [-0.2, 0) is 4.79 Å². The maximum atomic E-state index is 15.1. The molecule has 3 aromatic rings. The van der Waals surface area contributed by atoms with Crippen molar-refractivity contribution >= 4 is 40.4 Å². The van der Waals surface area contributed by atoms with E-state index in [2.05, 4.69) is 36.0 Å². The summed E-state index contributed by atoms with van der Waals surface area (Å²) in [6.45, 7) is 16.1. The van der Waals surface area contributed by atoms with E-state index in [0.717, 1.165) is 42.4 Å². The van der Waals surface area contributed by atoms with Gasteiger partial charge in [-0.05, 0) is 74.3 Å². The van der Waals surface area contributed by atoms with Crippen molar-refractivity contribution in [2.24, 2.45) is 5.92 Å². The number of anilines is 1. The number of carbonyl (C=O) groups is 1. The lowest BCUT2D eigenvalue weighted by Crippen LogP contribution is -2.17. The first-order valence-corrected chi connectivity index (χ1v) is 13.0. The van der Waals surface area contributed by atoms with Crippen LogP contribution in [-0.4, -0.2) is 24.0 Å². The summed E-state index contributed by atoms with van der Waals surface area (Å²) in [5, 5.41) is 6.66. The van der Waals surface area contributed by atoms with E-state index in [4.69, 9.17) is 11.6 Å². The summed E-state index contributed by atoms with van der Waals surface area (Å²) in [6.07, 6.45) is 2.55. The molecule has 0 radical (unpaired) electrons. The molecule has 0 saturated carbocycles. The van der Waals surface area contributed by atoms with Crippen molar-refractivity contribution in [3.05, 3.63) is 82.1 Å². The highest BCUT2D eigenvalue weighted by atomic mass is 35.5. The Labute approximate surface area is 222 Å². The third-order valence-electron chi connectivity index (χ3n) is 6.39. The summed E-state index contributed by atoms with van der Waals surface area (Å²) in [7, 11) is 0. The lowest BCUT2D eigenvalue weighted by atomic mass is 9.87. The molecule has 2 heterocycles. The first-order chi connectivity index (χ1) is 17.7. The van der Waals surface area contributed by atoms with E-state index in [1.54, 1.807) is 24.3 Å². The van der Waals surface area contributed by atoms with Crippen molar-refractivity contribution in [2.75, 3.05) is 18.4 Å². The summed E-state index contributed by atoms with van der Waals surface area (Å²) < 4.78 is 28.9. The maximum Gasteiger partial charge on any atom is 0.256 e. The highest BCUT2D eigenvalue weighted by Crippen LogP contribution is 2.42. The molecule has 1 amide bonds. The quantitative estimate of drug-likeness (QED) is 0.205. The van der Waals surface area contributed by atoms with Gasteiger partial charge in [0.15, 0.2) is 0 Å². The molecule has 2 aromatic carbocycles. The minimum absolute atomic E-state index is 0.112. The number of aromatic amines is 1. The van der Waals surface area contributed by atoms with Crippen LogP contribution in [0.15, 0.2) is 43.0 Å². The molecule has 196 valence electrons. The molecular formula is C30H34ClF2N3O. The first-order valence-electron chi connectivity index (χ1n) is 12.6. The monoisotopic (exact) mass is 525 g/mol. The molecule has 4 nitrogen and oxygen atoms in total. The van der Waals surface area contributed by atoms with Crippen LogP contribution in [0.2, 0.25) is 5.02 Å². The second-order valence-electron chi connectivity index (χ2n) is 8.81. The first kappa shape index (κ1) is 28.4. The van der Waals surface area contributed by atoms with Gasteiger partial charge in [-0.2, -0.15) is 0 Å². The Morgan fingerprint density at radius 1 is 1.16 bits per heavy atom. The summed E-state index contributed by atoms with van der Waals surface area (Å²) in [6, 6.07) is 8.70. The number of fused-ring (bicyclic) bond motifs is 1. The van der Waals surface area contributed by atoms with Crippen molar-refractivity contribution in [1.29, 1.82) is 0 Å². The van der Waals surface area contributed by atoms with E-state index in [-0.39, 0.29) is 17.4 Å². The molecule has 0 spiro atoms. The smallest absolute Gasteiger partial charge is 0.256 e. The molecule has 3 N–H and O–H groups in total. The number of allylic oxidation sites excluding steroid dienone is 1. The Bertz CT molecular complexity index is 1340. The van der Waals surface area contributed by atoms with Crippen LogP contribution in [0.5, 0.6) is 0 Å². The Kier molecular flexibility index (Phi) is 9.46. The number of carbonyl (C=O) groups excluding carboxylic acids is 1. The average Bonchev–Trinajstić information content (AvgIpc) is 3.35. The predicted molar refractivity (Wildman–Crippen MR) is 152 cm³/mol. The summed E-state index contributed by atoms with van der Waals surface area (Å²) in [5.74, 6) is -1.51. The summed E-state index contributed by atoms with van der Waals surface area (Å²) >= 11 is 6.18. The Morgan fingerprint density at radius 2 is 1.89 bits per heavy atom. The van der Waals surface area contributed by atoms with Crippen LogP contribution in [0.4, 0.5) is 14.5 Å². The lowest BCUT2D eigenvalue weighted by Gasteiger charge is -2.18. The predicted octanol–water partition coefficient (Wildman–Crippen LogP) is 8.09. The van der Waals surface area contributed by atoms with Gasteiger partial charge in [-0.3, -0.25) is 4.79 Å². The fourth-order valence-corrected chi connectivity index (χ4v) is 4.67. The molecule has 1 atom stereocenters. The van der Waals surface area contributed by atoms with Crippen LogP contribution < -0.4 is 10.6 Å². The van der Waals surface area contributed by atoms with Gasteiger partial charge in [0, 0.05) is 50.4 Å². The molecule has 4 rings (SSSR count). The van der Waals surface area contributed by atoms with E-state index in [9.17, 15) is 9.18 Å². The largest absolute Gasteiger partial charge is 0.358 e. The number of amides is 1. The maximum absolute atomic E-state index is 15.1. The second-order valence-corrected chi connectivity index (χ2v) is 9.24. The molecule has 1 unspecified atom stereocenters. The van der Waals surface area contributed by atoms with Crippen LogP contribution in [0.25, 0.3) is 28.3 Å². The Hall–Kier alpha value is -3.22. The Balaban J connectivity index is 0.00000186. The zero-order chi connectivity index (χ0) is 27.3. The van der Waals surface area contributed by atoms with Gasteiger partial charge in [0.1, 0.15) is 11.6 Å². The number of aryl methyl sites for hydroxylation is 1. The third kappa shape index (κ3) is 6.03. The van der Waals surface area contributed by atoms with Crippen LogP contribution in [0, 0.1) is 24.5 Å². The summed E-state index contributed by atoms with van der Waals surface area (Å²) in [5.41, 5.74) is 5.48. The molecule has 0 saturated heterocycles. The fourth-order valence-electron chi connectivity index (χ4n) is 4.49. The van der Waals surface area contributed by atoms with Gasteiger partial charge in [0.05, 0.1) is 5.57 Å². The fraction of sp³-hybridized carbons (Fsp3) is 0.300. The van der Waals surface area contributed by atoms with Crippen molar-refractivity contribution in [2.45, 2.75) is 41.0 Å². The topological polar surface area (TPSA) is 56.9 Å².